The van der Waals surface area contributed by atoms with E-state index in [1.165, 1.54) is 31.4 Å². The van der Waals surface area contributed by atoms with Crippen molar-refractivity contribution >= 4 is 0 Å². The monoisotopic (exact) mass is 261 g/mol. The SMILES string of the molecule is CCNC1CCC(N(C)Cc2cccc(C)n2)CC1. The van der Waals surface area contributed by atoms with Gasteiger partial charge in [-0.1, -0.05) is 13.0 Å². The molecule has 0 amide bonds. The van der Waals surface area contributed by atoms with Gasteiger partial charge in [0.25, 0.3) is 0 Å². The van der Waals surface area contributed by atoms with Crippen molar-refractivity contribution in [1.82, 2.24) is 15.2 Å². The Morgan fingerprint density at radius 2 is 2.00 bits per heavy atom. The Morgan fingerprint density at radius 1 is 1.26 bits per heavy atom. The molecule has 106 valence electrons. The van der Waals surface area contributed by atoms with Crippen LogP contribution in [-0.4, -0.2) is 35.6 Å². The van der Waals surface area contributed by atoms with Crippen LogP contribution in [0, 0.1) is 6.92 Å². The Bertz CT molecular complexity index is 383. The molecule has 1 heterocycles. The molecule has 1 aromatic rings. The first kappa shape index (κ1) is 14.5. The van der Waals surface area contributed by atoms with Gasteiger partial charge in [0.15, 0.2) is 0 Å². The van der Waals surface area contributed by atoms with Gasteiger partial charge in [0.1, 0.15) is 0 Å². The molecule has 0 aliphatic heterocycles. The summed E-state index contributed by atoms with van der Waals surface area (Å²) < 4.78 is 0. The number of nitrogens with zero attached hydrogens (tertiary/aromatic N) is 2. The van der Waals surface area contributed by atoms with Gasteiger partial charge in [-0.05, 0) is 58.3 Å². The largest absolute Gasteiger partial charge is 0.314 e. The van der Waals surface area contributed by atoms with E-state index in [9.17, 15) is 0 Å². The molecule has 1 fully saturated rings. The van der Waals surface area contributed by atoms with E-state index in [2.05, 4.69) is 54.3 Å². The van der Waals surface area contributed by atoms with E-state index in [1.807, 2.05) is 0 Å². The summed E-state index contributed by atoms with van der Waals surface area (Å²) >= 11 is 0. The van der Waals surface area contributed by atoms with Gasteiger partial charge in [0, 0.05) is 24.3 Å². The lowest BCUT2D eigenvalue weighted by Crippen LogP contribution is -2.40. The maximum absolute atomic E-state index is 4.60. The normalized spacial score (nSPS) is 23.8. The lowest BCUT2D eigenvalue weighted by molar-refractivity contribution is 0.167. The van der Waals surface area contributed by atoms with Crippen molar-refractivity contribution in [2.45, 2.75) is 58.2 Å². The molecule has 1 N–H and O–H groups in total. The van der Waals surface area contributed by atoms with Crippen molar-refractivity contribution in [2.75, 3.05) is 13.6 Å². The molecule has 1 aromatic heterocycles. The minimum absolute atomic E-state index is 0.720. The summed E-state index contributed by atoms with van der Waals surface area (Å²) in [5.74, 6) is 0. The Kier molecular flexibility index (Phi) is 5.34. The summed E-state index contributed by atoms with van der Waals surface area (Å²) in [7, 11) is 2.24. The van der Waals surface area contributed by atoms with Crippen LogP contribution < -0.4 is 5.32 Å². The van der Waals surface area contributed by atoms with E-state index in [0.29, 0.717) is 0 Å². The minimum atomic E-state index is 0.720. The second-order valence-corrected chi connectivity index (χ2v) is 5.75. The highest BCUT2D eigenvalue weighted by Gasteiger charge is 2.23. The zero-order valence-corrected chi connectivity index (χ0v) is 12.5. The highest BCUT2D eigenvalue weighted by atomic mass is 15.1. The average Bonchev–Trinajstić information content (AvgIpc) is 2.40. The molecule has 0 spiro atoms. The van der Waals surface area contributed by atoms with Gasteiger partial charge >= 0.3 is 0 Å². The lowest BCUT2D eigenvalue weighted by Gasteiger charge is -2.34. The van der Waals surface area contributed by atoms with E-state index in [0.717, 1.165) is 30.9 Å². The van der Waals surface area contributed by atoms with Gasteiger partial charge in [-0.25, -0.2) is 0 Å². The van der Waals surface area contributed by atoms with Crippen molar-refractivity contribution < 1.29 is 0 Å². The van der Waals surface area contributed by atoms with Crippen molar-refractivity contribution in [3.05, 3.63) is 29.6 Å². The summed E-state index contributed by atoms with van der Waals surface area (Å²) in [5, 5.41) is 3.57. The smallest absolute Gasteiger partial charge is 0.0547 e. The van der Waals surface area contributed by atoms with Gasteiger partial charge in [-0.3, -0.25) is 9.88 Å². The average molecular weight is 261 g/mol. The number of hydrogen-bond acceptors (Lipinski definition) is 3. The third kappa shape index (κ3) is 4.29. The molecule has 0 bridgehead atoms. The summed E-state index contributed by atoms with van der Waals surface area (Å²) in [6.45, 7) is 6.32. The number of aromatic nitrogens is 1. The Labute approximate surface area is 117 Å². The fourth-order valence-electron chi connectivity index (χ4n) is 3.08. The minimum Gasteiger partial charge on any atom is -0.314 e. The van der Waals surface area contributed by atoms with Crippen molar-refractivity contribution in [3.63, 3.8) is 0 Å². The van der Waals surface area contributed by atoms with Crippen LogP contribution >= 0.6 is 0 Å². The first-order valence-electron chi connectivity index (χ1n) is 7.55. The molecular weight excluding hydrogens is 234 g/mol. The summed E-state index contributed by atoms with van der Waals surface area (Å²) in [6.07, 6.45) is 5.23. The van der Waals surface area contributed by atoms with Crippen LogP contribution in [-0.2, 0) is 6.54 Å². The van der Waals surface area contributed by atoms with Crippen molar-refractivity contribution in [2.24, 2.45) is 0 Å². The summed E-state index contributed by atoms with van der Waals surface area (Å²) in [4.78, 5) is 7.07. The van der Waals surface area contributed by atoms with E-state index in [1.54, 1.807) is 0 Å². The zero-order valence-electron chi connectivity index (χ0n) is 12.5. The third-order valence-electron chi connectivity index (χ3n) is 4.17. The molecule has 3 heteroatoms. The van der Waals surface area contributed by atoms with Crippen molar-refractivity contribution in [1.29, 1.82) is 0 Å². The molecule has 1 saturated carbocycles. The van der Waals surface area contributed by atoms with Crippen LogP contribution in [0.5, 0.6) is 0 Å². The number of hydrogen-bond donors (Lipinski definition) is 1. The summed E-state index contributed by atoms with van der Waals surface area (Å²) in [5.41, 5.74) is 2.30. The molecule has 3 nitrogen and oxygen atoms in total. The molecule has 1 aliphatic carbocycles. The quantitative estimate of drug-likeness (QED) is 0.883. The molecular formula is C16H27N3. The Balaban J connectivity index is 1.82. The zero-order chi connectivity index (χ0) is 13.7. The predicted molar refractivity (Wildman–Crippen MR) is 80.2 cm³/mol. The highest BCUT2D eigenvalue weighted by molar-refractivity contribution is 5.09. The van der Waals surface area contributed by atoms with Crippen LogP contribution in [0.4, 0.5) is 0 Å². The molecule has 0 unspecified atom stereocenters. The second-order valence-electron chi connectivity index (χ2n) is 5.75. The van der Waals surface area contributed by atoms with E-state index < -0.39 is 0 Å². The number of pyridine rings is 1. The molecule has 1 aliphatic rings. The Morgan fingerprint density at radius 3 is 2.63 bits per heavy atom. The van der Waals surface area contributed by atoms with Gasteiger partial charge in [0.05, 0.1) is 5.69 Å². The molecule has 0 radical (unpaired) electrons. The second kappa shape index (κ2) is 7.01. The topological polar surface area (TPSA) is 28.2 Å². The van der Waals surface area contributed by atoms with E-state index in [4.69, 9.17) is 0 Å². The van der Waals surface area contributed by atoms with Gasteiger partial charge in [-0.2, -0.15) is 0 Å². The fourth-order valence-corrected chi connectivity index (χ4v) is 3.08. The molecule has 0 saturated heterocycles. The fraction of sp³-hybridized carbons (Fsp3) is 0.688. The van der Waals surface area contributed by atoms with Crippen LogP contribution in [0.25, 0.3) is 0 Å². The van der Waals surface area contributed by atoms with Crippen LogP contribution in [0.3, 0.4) is 0 Å². The number of rotatable bonds is 5. The maximum atomic E-state index is 4.60. The predicted octanol–water partition coefficient (Wildman–Crippen LogP) is 2.74. The first-order valence-corrected chi connectivity index (χ1v) is 7.55. The van der Waals surface area contributed by atoms with Crippen LogP contribution in [0.2, 0.25) is 0 Å². The van der Waals surface area contributed by atoms with Gasteiger partial charge < -0.3 is 5.32 Å². The van der Waals surface area contributed by atoms with E-state index >= 15 is 0 Å². The molecule has 0 aromatic carbocycles. The van der Waals surface area contributed by atoms with Crippen LogP contribution in [0.15, 0.2) is 18.2 Å². The molecule has 19 heavy (non-hydrogen) atoms. The third-order valence-corrected chi connectivity index (χ3v) is 4.17. The molecule has 0 atom stereocenters. The Hall–Kier alpha value is -0.930. The first-order chi connectivity index (χ1) is 9.19. The number of aryl methyl sites for hydroxylation is 1. The van der Waals surface area contributed by atoms with Crippen molar-refractivity contribution in [3.8, 4) is 0 Å². The standard InChI is InChI=1S/C16H27N3/c1-4-17-14-8-10-16(11-9-14)19(3)12-15-7-5-6-13(2)18-15/h5-7,14,16-17H,4,8-12H2,1-3H3. The van der Waals surface area contributed by atoms with Gasteiger partial charge in [-0.15, -0.1) is 0 Å². The van der Waals surface area contributed by atoms with Crippen LogP contribution in [0.1, 0.15) is 44.0 Å². The number of nitrogens with one attached hydrogen (secondary N) is 1. The summed E-state index contributed by atoms with van der Waals surface area (Å²) in [6, 6.07) is 7.76. The maximum Gasteiger partial charge on any atom is 0.0547 e. The molecule has 2 rings (SSSR count). The highest BCUT2D eigenvalue weighted by Crippen LogP contribution is 2.23. The lowest BCUT2D eigenvalue weighted by atomic mass is 9.90. The van der Waals surface area contributed by atoms with E-state index in [-0.39, 0.29) is 0 Å². The van der Waals surface area contributed by atoms with Gasteiger partial charge in [0.2, 0.25) is 0 Å².